The van der Waals surface area contributed by atoms with Crippen molar-refractivity contribution in [3.8, 4) is 0 Å². The van der Waals surface area contributed by atoms with Gasteiger partial charge in [-0.3, -0.25) is 0 Å². The maximum atomic E-state index is 12.9. The number of hydrogen-bond donors (Lipinski definition) is 9. The predicted octanol–water partition coefficient (Wildman–Crippen LogP) is -0.419. The molecule has 10 N–H and O–H groups in total. The average Bonchev–Trinajstić information content (AvgIpc) is 3.39. The number of rotatable bonds is 11. The van der Waals surface area contributed by atoms with Crippen LogP contribution in [0.1, 0.15) is 82.1 Å². The fraction of sp³-hybridized carbons (Fsp3) is 0.946. The zero-order valence-corrected chi connectivity index (χ0v) is 34.1. The molecule has 3 aliphatic heterocycles. The summed E-state index contributed by atoms with van der Waals surface area (Å²) in [6.45, 7) is 16.7. The van der Waals surface area contributed by atoms with Crippen molar-refractivity contribution in [1.82, 2.24) is 10.6 Å². The van der Waals surface area contributed by atoms with Crippen LogP contribution in [0.5, 0.6) is 0 Å². The summed E-state index contributed by atoms with van der Waals surface area (Å²) in [5.41, 5.74) is 4.44. The maximum absolute atomic E-state index is 12.9. The lowest BCUT2D eigenvalue weighted by Gasteiger charge is -2.48. The van der Waals surface area contributed by atoms with Crippen LogP contribution in [-0.2, 0) is 37.9 Å². The maximum Gasteiger partial charge on any atom is 0.407 e. The predicted molar refractivity (Wildman–Crippen MR) is 195 cm³/mol. The van der Waals surface area contributed by atoms with E-state index in [2.05, 4.69) is 10.6 Å². The molecule has 19 atom stereocenters. The third kappa shape index (κ3) is 11.4. The van der Waals surface area contributed by atoms with Crippen molar-refractivity contribution < 1.29 is 78.1 Å². The molecule has 0 bridgehead atoms. The normalized spacial score (nSPS) is 43.6. The first-order valence-electron chi connectivity index (χ1n) is 19.6. The summed E-state index contributed by atoms with van der Waals surface area (Å²) in [6, 6.07) is -0.918. The number of amides is 2. The van der Waals surface area contributed by atoms with Crippen LogP contribution in [0.4, 0.5) is 9.59 Å². The fourth-order valence-electron chi connectivity index (χ4n) is 7.49. The Morgan fingerprint density at radius 3 is 1.66 bits per heavy atom. The Morgan fingerprint density at radius 2 is 1.12 bits per heavy atom. The van der Waals surface area contributed by atoms with Gasteiger partial charge in [0.25, 0.3) is 0 Å². The van der Waals surface area contributed by atoms with Crippen LogP contribution < -0.4 is 16.4 Å². The Bertz CT molecular complexity index is 1280. The van der Waals surface area contributed by atoms with Gasteiger partial charge in [-0.05, 0) is 60.3 Å². The second kappa shape index (κ2) is 18.9. The largest absolute Gasteiger partial charge is 0.444 e. The van der Waals surface area contributed by atoms with E-state index in [9.17, 15) is 40.2 Å². The number of alkyl carbamates (subject to hydrolysis) is 2. The SMILES string of the molecule is CC[C@@H]1O[C@H](OC2[C@@H](CN)O[C@@H](O[C@H]3C(O[C@@H]4OC(CNC(=O)OC(C)(C)C)C(O)[C@H](O)C4C)C(C)C[C@@H](NC(=O)OC(C)(C)C)C3O)[C@H]2O)C(C)C(O)C1O. The number of hydrogen-bond acceptors (Lipinski definition) is 17. The van der Waals surface area contributed by atoms with E-state index in [0.29, 0.717) is 6.42 Å². The Kier molecular flexibility index (Phi) is 15.8. The minimum atomic E-state index is -1.50. The first kappa shape index (κ1) is 46.7. The van der Waals surface area contributed by atoms with Gasteiger partial charge in [-0.15, -0.1) is 0 Å². The molecule has 0 radical (unpaired) electrons. The highest BCUT2D eigenvalue weighted by Gasteiger charge is 2.54. The van der Waals surface area contributed by atoms with Crippen LogP contribution in [0.3, 0.4) is 0 Å². The number of ether oxygens (including phenoxy) is 8. The molecule has 0 spiro atoms. The Labute approximate surface area is 328 Å². The molecule has 19 heteroatoms. The topological polar surface area (TPSA) is 279 Å². The van der Waals surface area contributed by atoms with Crippen LogP contribution in [0, 0.1) is 17.8 Å². The molecular formula is C37H67N3O16. The highest BCUT2D eigenvalue weighted by atomic mass is 16.8. The summed E-state index contributed by atoms with van der Waals surface area (Å²) in [5, 5.41) is 71.8. The second-order valence-electron chi connectivity index (χ2n) is 17.6. The molecular weight excluding hydrogens is 742 g/mol. The molecule has 0 aromatic carbocycles. The molecule has 3 heterocycles. The summed E-state index contributed by atoms with van der Waals surface area (Å²) < 4.78 is 47.9. The fourth-order valence-corrected chi connectivity index (χ4v) is 7.49. The molecule has 4 fully saturated rings. The van der Waals surface area contributed by atoms with E-state index in [-0.39, 0.29) is 19.5 Å². The number of nitrogens with one attached hydrogen (secondary N) is 2. The minimum absolute atomic E-state index is 0.121. The van der Waals surface area contributed by atoms with E-state index in [0.717, 1.165) is 0 Å². The average molecular weight is 810 g/mol. The molecule has 0 aromatic heterocycles. The van der Waals surface area contributed by atoms with Crippen LogP contribution in [0.15, 0.2) is 0 Å². The first-order chi connectivity index (χ1) is 26.0. The van der Waals surface area contributed by atoms with Crippen LogP contribution in [0.2, 0.25) is 0 Å². The zero-order chi connectivity index (χ0) is 42.0. The van der Waals surface area contributed by atoms with Gasteiger partial charge < -0.3 is 84.9 Å². The zero-order valence-electron chi connectivity index (χ0n) is 34.1. The molecule has 3 saturated heterocycles. The Morgan fingerprint density at radius 1 is 0.643 bits per heavy atom. The van der Waals surface area contributed by atoms with E-state index in [4.69, 9.17) is 43.6 Å². The summed E-state index contributed by atoms with van der Waals surface area (Å²) in [6.07, 6.45) is -18.9. The molecule has 1 aliphatic carbocycles. The lowest BCUT2D eigenvalue weighted by Crippen LogP contribution is -2.64. The Hall–Kier alpha value is -1.98. The van der Waals surface area contributed by atoms with Crippen LogP contribution in [-0.4, -0.2) is 165 Å². The summed E-state index contributed by atoms with van der Waals surface area (Å²) >= 11 is 0. The second-order valence-corrected chi connectivity index (χ2v) is 17.6. The molecule has 56 heavy (non-hydrogen) atoms. The van der Waals surface area contributed by atoms with Gasteiger partial charge in [-0.1, -0.05) is 27.7 Å². The molecule has 10 unspecified atom stereocenters. The van der Waals surface area contributed by atoms with Crippen LogP contribution >= 0.6 is 0 Å². The molecule has 4 rings (SSSR count). The minimum Gasteiger partial charge on any atom is -0.444 e. The van der Waals surface area contributed by atoms with Gasteiger partial charge in [0, 0.05) is 24.9 Å². The highest BCUT2D eigenvalue weighted by molar-refractivity contribution is 5.68. The van der Waals surface area contributed by atoms with Crippen molar-refractivity contribution in [2.75, 3.05) is 13.1 Å². The number of nitrogens with two attached hydrogens (primary N) is 1. The smallest absolute Gasteiger partial charge is 0.407 e. The van der Waals surface area contributed by atoms with E-state index in [1.165, 1.54) is 0 Å². The molecule has 0 aromatic rings. The molecule has 2 amide bonds. The highest BCUT2D eigenvalue weighted by Crippen LogP contribution is 2.38. The third-order valence-corrected chi connectivity index (χ3v) is 10.6. The molecule has 19 nitrogen and oxygen atoms in total. The number of carbonyl (C=O) groups is 2. The van der Waals surface area contributed by atoms with Crippen molar-refractivity contribution in [2.24, 2.45) is 23.5 Å². The third-order valence-electron chi connectivity index (χ3n) is 10.6. The van der Waals surface area contributed by atoms with Crippen LogP contribution in [0.25, 0.3) is 0 Å². The molecule has 4 aliphatic rings. The van der Waals surface area contributed by atoms with Crippen molar-refractivity contribution >= 4 is 12.2 Å². The van der Waals surface area contributed by atoms with Crippen molar-refractivity contribution in [3.05, 3.63) is 0 Å². The first-order valence-corrected chi connectivity index (χ1v) is 19.6. The van der Waals surface area contributed by atoms with Crippen molar-refractivity contribution in [3.63, 3.8) is 0 Å². The Balaban J connectivity index is 1.57. The van der Waals surface area contributed by atoms with Gasteiger partial charge in [0.1, 0.15) is 60.0 Å². The number of carbonyl (C=O) groups excluding carboxylic acids is 2. The van der Waals surface area contributed by atoms with Gasteiger partial charge >= 0.3 is 12.2 Å². The standard InChI is InChI=1S/C37H67N3O16/c1-11-19-25(44)22(41)16(3)31(49-19)53-29-20(13-38)50-33(27(29)46)54-30-24(43)18(40-35(48)56-37(8,9)10)12-15(2)28(30)52-32-17(4)23(42)26(45)21(51-32)14-39-34(47)55-36(5,6)7/h15-33,41-46H,11-14,38H2,1-10H3,(H,39,47)(H,40,48)/t15?,16?,17?,18-,19+,20-,21?,22?,23-,24?,25?,26?,27+,28?,29?,30-,31-,32+,33+/m1/s1. The molecule has 1 saturated carbocycles. The number of aliphatic hydroxyl groups excluding tert-OH is 6. The van der Waals surface area contributed by atoms with E-state index in [1.807, 2.05) is 0 Å². The lowest BCUT2D eigenvalue weighted by molar-refractivity contribution is -0.322. The van der Waals surface area contributed by atoms with Gasteiger partial charge in [-0.25, -0.2) is 9.59 Å². The summed E-state index contributed by atoms with van der Waals surface area (Å²) in [4.78, 5) is 25.3. The lowest BCUT2D eigenvalue weighted by atomic mass is 9.80. The quantitative estimate of drug-likeness (QED) is 0.128. The summed E-state index contributed by atoms with van der Waals surface area (Å²) in [7, 11) is 0. The number of aliphatic hydroxyl groups is 6. The van der Waals surface area contributed by atoms with E-state index < -0.39 is 139 Å². The van der Waals surface area contributed by atoms with Crippen molar-refractivity contribution in [1.29, 1.82) is 0 Å². The van der Waals surface area contributed by atoms with Gasteiger partial charge in [-0.2, -0.15) is 0 Å². The van der Waals surface area contributed by atoms with Gasteiger partial charge in [0.15, 0.2) is 18.9 Å². The molecule has 326 valence electrons. The van der Waals surface area contributed by atoms with Gasteiger partial charge in [0.05, 0.1) is 30.5 Å². The van der Waals surface area contributed by atoms with E-state index >= 15 is 0 Å². The monoisotopic (exact) mass is 809 g/mol. The summed E-state index contributed by atoms with van der Waals surface area (Å²) in [5.74, 6) is -1.98. The van der Waals surface area contributed by atoms with Crippen molar-refractivity contribution in [2.45, 2.75) is 191 Å². The van der Waals surface area contributed by atoms with Gasteiger partial charge in [0.2, 0.25) is 0 Å². The van der Waals surface area contributed by atoms with E-state index in [1.54, 1.807) is 69.2 Å².